The Morgan fingerprint density at radius 1 is 1.06 bits per heavy atom. The SMILES string of the molecule is S=C1c2ccccc2CCN1c1cccc(Cl)c1. The highest BCUT2D eigenvalue weighted by atomic mass is 35.5. The predicted octanol–water partition coefficient (Wildman–Crippen LogP) is 4.08. The highest BCUT2D eigenvalue weighted by Crippen LogP contribution is 2.26. The van der Waals surface area contributed by atoms with E-state index in [1.807, 2.05) is 30.3 Å². The molecule has 0 saturated carbocycles. The first-order chi connectivity index (χ1) is 8.75. The fourth-order valence-electron chi connectivity index (χ4n) is 2.32. The fourth-order valence-corrected chi connectivity index (χ4v) is 2.90. The predicted molar refractivity (Wildman–Crippen MR) is 80.6 cm³/mol. The minimum atomic E-state index is 0.745. The first kappa shape index (κ1) is 11.7. The lowest BCUT2D eigenvalue weighted by Gasteiger charge is -2.31. The number of rotatable bonds is 1. The van der Waals surface area contributed by atoms with Gasteiger partial charge in [0.1, 0.15) is 4.99 Å². The van der Waals surface area contributed by atoms with Crippen molar-refractivity contribution in [2.75, 3.05) is 11.4 Å². The van der Waals surface area contributed by atoms with E-state index < -0.39 is 0 Å². The molecule has 1 aliphatic heterocycles. The van der Waals surface area contributed by atoms with Gasteiger partial charge in [0.15, 0.2) is 0 Å². The van der Waals surface area contributed by atoms with Crippen molar-refractivity contribution in [1.82, 2.24) is 0 Å². The van der Waals surface area contributed by atoms with Crippen LogP contribution < -0.4 is 4.90 Å². The van der Waals surface area contributed by atoms with E-state index in [9.17, 15) is 0 Å². The molecule has 0 fully saturated rings. The molecule has 1 aliphatic rings. The quantitative estimate of drug-likeness (QED) is 0.721. The fraction of sp³-hybridized carbons (Fsp3) is 0.133. The Morgan fingerprint density at radius 2 is 1.89 bits per heavy atom. The molecule has 0 aromatic heterocycles. The summed E-state index contributed by atoms with van der Waals surface area (Å²) in [7, 11) is 0. The minimum Gasteiger partial charge on any atom is -0.332 e. The molecule has 1 heterocycles. The van der Waals surface area contributed by atoms with Gasteiger partial charge in [0, 0.05) is 22.8 Å². The largest absolute Gasteiger partial charge is 0.332 e. The lowest BCUT2D eigenvalue weighted by atomic mass is 9.99. The van der Waals surface area contributed by atoms with Crippen LogP contribution in [0.1, 0.15) is 11.1 Å². The minimum absolute atomic E-state index is 0.745. The van der Waals surface area contributed by atoms with Crippen molar-refractivity contribution in [3.05, 3.63) is 64.7 Å². The topological polar surface area (TPSA) is 3.24 Å². The zero-order valence-electron chi connectivity index (χ0n) is 9.77. The highest BCUT2D eigenvalue weighted by molar-refractivity contribution is 7.81. The maximum Gasteiger partial charge on any atom is 0.113 e. The van der Waals surface area contributed by atoms with E-state index in [0.29, 0.717) is 0 Å². The standard InChI is InChI=1S/C15H12ClNS/c16-12-5-3-6-13(10-12)17-9-8-11-4-1-2-7-14(11)15(17)18/h1-7,10H,8-9H2. The molecular weight excluding hydrogens is 262 g/mol. The second kappa shape index (κ2) is 4.71. The van der Waals surface area contributed by atoms with Gasteiger partial charge in [-0.1, -0.05) is 54.2 Å². The normalized spacial score (nSPS) is 14.5. The van der Waals surface area contributed by atoms with Gasteiger partial charge in [0.25, 0.3) is 0 Å². The van der Waals surface area contributed by atoms with Crippen molar-refractivity contribution in [2.24, 2.45) is 0 Å². The van der Waals surface area contributed by atoms with Gasteiger partial charge in [-0.15, -0.1) is 0 Å². The van der Waals surface area contributed by atoms with Crippen molar-refractivity contribution in [3.63, 3.8) is 0 Å². The molecule has 0 saturated heterocycles. The molecule has 0 unspecified atom stereocenters. The zero-order valence-corrected chi connectivity index (χ0v) is 11.3. The highest BCUT2D eigenvalue weighted by Gasteiger charge is 2.21. The summed E-state index contributed by atoms with van der Waals surface area (Å²) in [6.45, 7) is 0.913. The van der Waals surface area contributed by atoms with E-state index in [-0.39, 0.29) is 0 Å². The Kier molecular flexibility index (Phi) is 3.06. The molecule has 1 nitrogen and oxygen atoms in total. The number of anilines is 1. The van der Waals surface area contributed by atoms with Crippen molar-refractivity contribution in [2.45, 2.75) is 6.42 Å². The van der Waals surface area contributed by atoms with E-state index in [1.54, 1.807) is 0 Å². The van der Waals surface area contributed by atoms with Crippen LogP contribution >= 0.6 is 23.8 Å². The Balaban J connectivity index is 2.00. The lowest BCUT2D eigenvalue weighted by Crippen LogP contribution is -2.36. The van der Waals surface area contributed by atoms with Gasteiger partial charge in [-0.25, -0.2) is 0 Å². The monoisotopic (exact) mass is 273 g/mol. The molecule has 0 bridgehead atoms. The molecule has 0 atom stereocenters. The summed E-state index contributed by atoms with van der Waals surface area (Å²) in [6.07, 6.45) is 1.02. The van der Waals surface area contributed by atoms with Gasteiger partial charge >= 0.3 is 0 Å². The first-order valence-corrected chi connectivity index (χ1v) is 6.70. The molecule has 2 aromatic rings. The van der Waals surface area contributed by atoms with E-state index in [0.717, 1.165) is 28.7 Å². The van der Waals surface area contributed by atoms with Crippen molar-refractivity contribution in [1.29, 1.82) is 0 Å². The van der Waals surface area contributed by atoms with Crippen LogP contribution in [0.3, 0.4) is 0 Å². The van der Waals surface area contributed by atoms with Crippen LogP contribution in [0.15, 0.2) is 48.5 Å². The van der Waals surface area contributed by atoms with Gasteiger partial charge < -0.3 is 4.90 Å². The van der Waals surface area contributed by atoms with Crippen molar-refractivity contribution in [3.8, 4) is 0 Å². The maximum atomic E-state index is 6.04. The molecule has 0 N–H and O–H groups in total. The van der Waals surface area contributed by atoms with Gasteiger partial charge in [-0.05, 0) is 30.2 Å². The van der Waals surface area contributed by atoms with Crippen LogP contribution in [-0.2, 0) is 6.42 Å². The Morgan fingerprint density at radius 3 is 2.72 bits per heavy atom. The second-order valence-corrected chi connectivity index (χ2v) is 5.17. The molecule has 0 amide bonds. The van der Waals surface area contributed by atoms with Crippen LogP contribution in [0.4, 0.5) is 5.69 Å². The van der Waals surface area contributed by atoms with Gasteiger partial charge in [0.05, 0.1) is 0 Å². The molecule has 3 rings (SSSR count). The summed E-state index contributed by atoms with van der Waals surface area (Å²) in [5.74, 6) is 0. The Labute approximate surface area is 117 Å². The second-order valence-electron chi connectivity index (χ2n) is 4.34. The average Bonchev–Trinajstić information content (AvgIpc) is 2.39. The smallest absolute Gasteiger partial charge is 0.113 e. The number of fused-ring (bicyclic) bond motifs is 1. The van der Waals surface area contributed by atoms with Crippen LogP contribution in [0.2, 0.25) is 5.02 Å². The van der Waals surface area contributed by atoms with E-state index in [2.05, 4.69) is 23.1 Å². The first-order valence-electron chi connectivity index (χ1n) is 5.91. The third-order valence-corrected chi connectivity index (χ3v) is 3.89. The summed E-state index contributed by atoms with van der Waals surface area (Å²) in [4.78, 5) is 3.04. The third-order valence-electron chi connectivity index (χ3n) is 3.22. The summed E-state index contributed by atoms with van der Waals surface area (Å²) in [6, 6.07) is 16.2. The lowest BCUT2D eigenvalue weighted by molar-refractivity contribution is 0.913. The molecule has 0 spiro atoms. The maximum absolute atomic E-state index is 6.04. The molecule has 18 heavy (non-hydrogen) atoms. The molecule has 90 valence electrons. The molecule has 3 heteroatoms. The average molecular weight is 274 g/mol. The van der Waals surface area contributed by atoms with Crippen LogP contribution in [0.5, 0.6) is 0 Å². The van der Waals surface area contributed by atoms with Crippen LogP contribution in [-0.4, -0.2) is 11.5 Å². The van der Waals surface area contributed by atoms with Gasteiger partial charge in [-0.3, -0.25) is 0 Å². The summed E-state index contributed by atoms with van der Waals surface area (Å²) in [5.41, 5.74) is 3.57. The van der Waals surface area contributed by atoms with Crippen molar-refractivity contribution < 1.29 is 0 Å². The number of thiocarbonyl (C=S) groups is 1. The third kappa shape index (κ3) is 2.02. The molecular formula is C15H12ClNS. The number of hydrogen-bond acceptors (Lipinski definition) is 1. The number of hydrogen-bond donors (Lipinski definition) is 0. The van der Waals surface area contributed by atoms with E-state index in [1.165, 1.54) is 11.1 Å². The van der Waals surface area contributed by atoms with Crippen LogP contribution in [0.25, 0.3) is 0 Å². The van der Waals surface area contributed by atoms with E-state index in [4.69, 9.17) is 23.8 Å². The summed E-state index contributed by atoms with van der Waals surface area (Å²) in [5, 5.41) is 0.745. The van der Waals surface area contributed by atoms with Crippen LogP contribution in [0, 0.1) is 0 Å². The van der Waals surface area contributed by atoms with Gasteiger partial charge in [-0.2, -0.15) is 0 Å². The number of halogens is 1. The number of nitrogens with zero attached hydrogens (tertiary/aromatic N) is 1. The van der Waals surface area contributed by atoms with Crippen molar-refractivity contribution >= 4 is 34.5 Å². The summed E-state index contributed by atoms with van der Waals surface area (Å²) < 4.78 is 0. The number of benzene rings is 2. The molecule has 2 aromatic carbocycles. The van der Waals surface area contributed by atoms with E-state index >= 15 is 0 Å². The summed E-state index contributed by atoms with van der Waals surface area (Å²) >= 11 is 11.6. The molecule has 0 aliphatic carbocycles. The Hall–Kier alpha value is -1.38. The van der Waals surface area contributed by atoms with Gasteiger partial charge in [0.2, 0.25) is 0 Å². The zero-order chi connectivity index (χ0) is 12.5. The molecule has 0 radical (unpaired) electrons. The Bertz CT molecular complexity index is 609.